The fourth-order valence-electron chi connectivity index (χ4n) is 2.60. The van der Waals surface area contributed by atoms with Crippen molar-refractivity contribution in [3.05, 3.63) is 95.4 Å². The summed E-state index contributed by atoms with van der Waals surface area (Å²) in [6.07, 6.45) is 4.61. The summed E-state index contributed by atoms with van der Waals surface area (Å²) in [6.45, 7) is 0.192. The average molecular weight is 405 g/mol. The number of aromatic nitrogens is 1. The first-order valence-corrected chi connectivity index (χ1v) is 9.20. The number of carbonyl (C=O) groups excluding carboxylic acids is 2. The molecule has 152 valence electrons. The van der Waals surface area contributed by atoms with E-state index in [2.05, 4.69) is 15.6 Å². The average Bonchev–Trinajstić information content (AvgIpc) is 2.77. The minimum Gasteiger partial charge on any atom is -0.439 e. The molecule has 6 nitrogen and oxygen atoms in total. The minimum atomic E-state index is -0.410. The van der Waals surface area contributed by atoms with Crippen LogP contribution >= 0.6 is 0 Å². The van der Waals surface area contributed by atoms with Gasteiger partial charge in [0.2, 0.25) is 11.8 Å². The molecule has 3 rings (SSSR count). The summed E-state index contributed by atoms with van der Waals surface area (Å²) in [5.41, 5.74) is 1.98. The summed E-state index contributed by atoms with van der Waals surface area (Å²) in [7, 11) is 1.57. The molecular weight excluding hydrogens is 385 g/mol. The van der Waals surface area contributed by atoms with Crippen molar-refractivity contribution in [3.63, 3.8) is 0 Å². The first kappa shape index (κ1) is 20.7. The van der Waals surface area contributed by atoms with Crippen LogP contribution in [0.5, 0.6) is 11.6 Å². The molecule has 0 radical (unpaired) electrons. The van der Waals surface area contributed by atoms with Crippen LogP contribution in [0.3, 0.4) is 0 Å². The standard InChI is InChI=1S/C23H20FN3O3/c1-25-22(29)17-10-7-16(8-11-17)9-12-21(28)27-15-18-4-3-13-26-23(18)30-20-6-2-5-19(24)14-20/h2-14H,15H2,1H3,(H,25,29)(H,27,28)/b12-9+. The van der Waals surface area contributed by atoms with Gasteiger partial charge in [-0.15, -0.1) is 0 Å². The van der Waals surface area contributed by atoms with Gasteiger partial charge in [-0.05, 0) is 42.0 Å². The number of hydrogen-bond acceptors (Lipinski definition) is 4. The van der Waals surface area contributed by atoms with E-state index in [1.54, 1.807) is 67.9 Å². The number of pyridine rings is 1. The molecular formula is C23H20FN3O3. The zero-order chi connectivity index (χ0) is 21.3. The predicted molar refractivity (Wildman–Crippen MR) is 111 cm³/mol. The number of hydrogen-bond donors (Lipinski definition) is 2. The third-order valence-corrected chi connectivity index (χ3v) is 4.14. The maximum Gasteiger partial charge on any atom is 0.251 e. The Morgan fingerprint density at radius 1 is 1.10 bits per heavy atom. The number of halogens is 1. The molecule has 2 aromatic carbocycles. The van der Waals surface area contributed by atoms with Gasteiger partial charge in [-0.1, -0.05) is 24.3 Å². The van der Waals surface area contributed by atoms with Gasteiger partial charge >= 0.3 is 0 Å². The number of ether oxygens (including phenoxy) is 1. The van der Waals surface area contributed by atoms with Crippen LogP contribution in [0, 0.1) is 5.82 Å². The van der Waals surface area contributed by atoms with Crippen molar-refractivity contribution in [2.24, 2.45) is 0 Å². The van der Waals surface area contributed by atoms with Crippen LogP contribution in [0.15, 0.2) is 72.9 Å². The number of carbonyl (C=O) groups is 2. The molecule has 2 N–H and O–H groups in total. The van der Waals surface area contributed by atoms with Crippen LogP contribution < -0.4 is 15.4 Å². The van der Waals surface area contributed by atoms with Crippen LogP contribution in [0.1, 0.15) is 21.5 Å². The molecule has 0 saturated carbocycles. The Morgan fingerprint density at radius 2 is 1.90 bits per heavy atom. The summed E-state index contributed by atoms with van der Waals surface area (Å²) in [5, 5.41) is 5.31. The zero-order valence-corrected chi connectivity index (χ0v) is 16.3. The molecule has 0 saturated heterocycles. The molecule has 0 aliphatic carbocycles. The van der Waals surface area contributed by atoms with Crippen LogP contribution in [0.2, 0.25) is 0 Å². The number of benzene rings is 2. The highest BCUT2D eigenvalue weighted by atomic mass is 19.1. The number of nitrogens with zero attached hydrogens (tertiary/aromatic N) is 1. The van der Waals surface area contributed by atoms with Gasteiger partial charge in [-0.25, -0.2) is 9.37 Å². The Labute approximate surface area is 173 Å². The van der Waals surface area contributed by atoms with E-state index in [0.717, 1.165) is 5.56 Å². The van der Waals surface area contributed by atoms with E-state index in [1.807, 2.05) is 0 Å². The van der Waals surface area contributed by atoms with Crippen molar-refractivity contribution in [2.75, 3.05) is 7.05 Å². The van der Waals surface area contributed by atoms with E-state index in [4.69, 9.17) is 4.74 Å². The third kappa shape index (κ3) is 5.75. The highest BCUT2D eigenvalue weighted by molar-refractivity contribution is 5.94. The molecule has 0 fully saturated rings. The van der Waals surface area contributed by atoms with Gasteiger partial charge in [-0.3, -0.25) is 9.59 Å². The highest BCUT2D eigenvalue weighted by Gasteiger charge is 2.08. The largest absolute Gasteiger partial charge is 0.439 e. The molecule has 7 heteroatoms. The lowest BCUT2D eigenvalue weighted by molar-refractivity contribution is -0.116. The Balaban J connectivity index is 1.59. The number of rotatable bonds is 7. The van der Waals surface area contributed by atoms with Gasteiger partial charge in [0, 0.05) is 43.1 Å². The summed E-state index contributed by atoms with van der Waals surface area (Å²) < 4.78 is 19.0. The normalized spacial score (nSPS) is 10.6. The first-order valence-electron chi connectivity index (χ1n) is 9.20. The first-order chi connectivity index (χ1) is 14.5. The Morgan fingerprint density at radius 3 is 2.63 bits per heavy atom. The second-order valence-corrected chi connectivity index (χ2v) is 6.28. The number of amides is 2. The van der Waals surface area contributed by atoms with Crippen LogP contribution in [-0.2, 0) is 11.3 Å². The molecule has 0 bridgehead atoms. The van der Waals surface area contributed by atoms with Gasteiger partial charge in [0.1, 0.15) is 11.6 Å². The molecule has 30 heavy (non-hydrogen) atoms. The molecule has 0 aliphatic heterocycles. The molecule has 3 aromatic rings. The Hall–Kier alpha value is -4.00. The molecule has 0 spiro atoms. The Kier molecular flexibility index (Phi) is 6.89. The summed E-state index contributed by atoms with van der Waals surface area (Å²) >= 11 is 0. The maximum atomic E-state index is 13.3. The third-order valence-electron chi connectivity index (χ3n) is 4.14. The van der Waals surface area contributed by atoms with Crippen LogP contribution in [0.4, 0.5) is 4.39 Å². The quantitative estimate of drug-likeness (QED) is 0.588. The second-order valence-electron chi connectivity index (χ2n) is 6.28. The predicted octanol–water partition coefficient (Wildman–Crippen LogP) is 3.70. The molecule has 0 aliphatic rings. The smallest absolute Gasteiger partial charge is 0.251 e. The van der Waals surface area contributed by atoms with Gasteiger partial charge < -0.3 is 15.4 Å². The van der Waals surface area contributed by atoms with Crippen LogP contribution in [-0.4, -0.2) is 23.8 Å². The fourth-order valence-corrected chi connectivity index (χ4v) is 2.60. The molecule has 0 unspecified atom stereocenters. The van der Waals surface area contributed by atoms with Crippen molar-refractivity contribution >= 4 is 17.9 Å². The summed E-state index contributed by atoms with van der Waals surface area (Å²) in [6, 6.07) is 16.1. The zero-order valence-electron chi connectivity index (χ0n) is 16.3. The maximum absolute atomic E-state index is 13.3. The summed E-state index contributed by atoms with van der Waals surface area (Å²) in [5.74, 6) is -0.271. The molecule has 1 aromatic heterocycles. The van der Waals surface area contributed by atoms with Gasteiger partial charge in [0.25, 0.3) is 5.91 Å². The van der Waals surface area contributed by atoms with Crippen molar-refractivity contribution in [3.8, 4) is 11.6 Å². The summed E-state index contributed by atoms with van der Waals surface area (Å²) in [4.78, 5) is 27.9. The van der Waals surface area contributed by atoms with E-state index in [1.165, 1.54) is 18.2 Å². The van der Waals surface area contributed by atoms with Crippen molar-refractivity contribution < 1.29 is 18.7 Å². The van der Waals surface area contributed by atoms with E-state index < -0.39 is 5.82 Å². The van der Waals surface area contributed by atoms with Crippen molar-refractivity contribution in [1.29, 1.82) is 0 Å². The molecule has 2 amide bonds. The van der Waals surface area contributed by atoms with Gasteiger partial charge in [-0.2, -0.15) is 0 Å². The second kappa shape index (κ2) is 9.97. The minimum absolute atomic E-state index is 0.170. The lowest BCUT2D eigenvalue weighted by atomic mass is 10.1. The van der Waals surface area contributed by atoms with E-state index in [0.29, 0.717) is 16.9 Å². The van der Waals surface area contributed by atoms with E-state index >= 15 is 0 Å². The van der Waals surface area contributed by atoms with Crippen molar-refractivity contribution in [1.82, 2.24) is 15.6 Å². The molecule has 0 atom stereocenters. The van der Waals surface area contributed by atoms with E-state index in [9.17, 15) is 14.0 Å². The SMILES string of the molecule is CNC(=O)c1ccc(/C=C/C(=O)NCc2cccnc2Oc2cccc(F)c2)cc1. The van der Waals surface area contributed by atoms with Gasteiger partial charge in [0.05, 0.1) is 0 Å². The monoisotopic (exact) mass is 405 g/mol. The number of nitrogens with one attached hydrogen (secondary N) is 2. The fraction of sp³-hybridized carbons (Fsp3) is 0.0870. The lowest BCUT2D eigenvalue weighted by Crippen LogP contribution is -2.20. The molecule has 1 heterocycles. The highest BCUT2D eigenvalue weighted by Crippen LogP contribution is 2.23. The van der Waals surface area contributed by atoms with E-state index in [-0.39, 0.29) is 24.2 Å². The lowest BCUT2D eigenvalue weighted by Gasteiger charge is -2.10. The van der Waals surface area contributed by atoms with Crippen molar-refractivity contribution in [2.45, 2.75) is 6.54 Å². The topological polar surface area (TPSA) is 80.3 Å². The van der Waals surface area contributed by atoms with Crippen LogP contribution in [0.25, 0.3) is 6.08 Å². The van der Waals surface area contributed by atoms with Gasteiger partial charge in [0.15, 0.2) is 0 Å². The Bertz CT molecular complexity index is 1070.